The van der Waals surface area contributed by atoms with Crippen LogP contribution in [0.3, 0.4) is 0 Å². The van der Waals surface area contributed by atoms with Gasteiger partial charge in [-0.05, 0) is 18.6 Å². The number of aryl methyl sites for hydroxylation is 1. The third-order valence-corrected chi connectivity index (χ3v) is 4.89. The van der Waals surface area contributed by atoms with E-state index in [-0.39, 0.29) is 10.5 Å². The summed E-state index contributed by atoms with van der Waals surface area (Å²) in [6.45, 7) is 1.59. The summed E-state index contributed by atoms with van der Waals surface area (Å²) in [6.07, 6.45) is 6.78. The first-order valence-corrected chi connectivity index (χ1v) is 8.96. The van der Waals surface area contributed by atoms with E-state index >= 15 is 0 Å². The van der Waals surface area contributed by atoms with Crippen LogP contribution in [-0.4, -0.2) is 33.0 Å². The van der Waals surface area contributed by atoms with Crippen molar-refractivity contribution in [2.75, 3.05) is 0 Å². The van der Waals surface area contributed by atoms with Gasteiger partial charge in [-0.15, -0.1) is 0 Å². The summed E-state index contributed by atoms with van der Waals surface area (Å²) in [5.74, 6) is 0.766. The second kappa shape index (κ2) is 5.50. The van der Waals surface area contributed by atoms with Gasteiger partial charge in [-0.3, -0.25) is 0 Å². The molecule has 0 spiro atoms. The number of aromatic nitrogens is 5. The van der Waals surface area contributed by atoms with Gasteiger partial charge in [0.15, 0.2) is 5.65 Å². The smallest absolute Gasteiger partial charge is 0.243 e. The first kappa shape index (κ1) is 15.5. The van der Waals surface area contributed by atoms with E-state index in [0.29, 0.717) is 5.69 Å². The van der Waals surface area contributed by atoms with Gasteiger partial charge in [-0.25, -0.2) is 28.0 Å². The van der Waals surface area contributed by atoms with Gasteiger partial charge in [-0.2, -0.15) is 5.10 Å². The molecule has 3 N–H and O–H groups in total. The molecule has 0 saturated heterocycles. The highest BCUT2D eigenvalue weighted by molar-refractivity contribution is 7.89. The number of fused-ring (bicyclic) bond motifs is 1. The van der Waals surface area contributed by atoms with E-state index in [1.165, 1.54) is 4.52 Å². The molecule has 9 heteroatoms. The van der Waals surface area contributed by atoms with Crippen molar-refractivity contribution in [2.24, 2.45) is 5.14 Å². The summed E-state index contributed by atoms with van der Waals surface area (Å²) in [7, 11) is -3.89. The molecular weight excluding hydrogens is 340 g/mol. The summed E-state index contributed by atoms with van der Waals surface area (Å²) < 4.78 is 24.9. The van der Waals surface area contributed by atoms with Crippen LogP contribution < -0.4 is 5.14 Å². The normalized spacial score (nSPS) is 11.9. The molecule has 0 aliphatic rings. The molecule has 0 fully saturated rings. The fourth-order valence-electron chi connectivity index (χ4n) is 2.78. The van der Waals surface area contributed by atoms with Gasteiger partial charge in [-0.1, -0.05) is 18.2 Å². The first-order chi connectivity index (χ1) is 11.9. The Bertz CT molecular complexity index is 1180. The monoisotopic (exact) mass is 354 g/mol. The van der Waals surface area contributed by atoms with Gasteiger partial charge in [0.25, 0.3) is 0 Å². The summed E-state index contributed by atoms with van der Waals surface area (Å²) >= 11 is 0. The van der Waals surface area contributed by atoms with Crippen molar-refractivity contribution in [3.63, 3.8) is 0 Å². The second-order valence-electron chi connectivity index (χ2n) is 5.59. The predicted molar refractivity (Wildman–Crippen MR) is 92.1 cm³/mol. The van der Waals surface area contributed by atoms with E-state index in [1.807, 2.05) is 24.3 Å². The van der Waals surface area contributed by atoms with E-state index < -0.39 is 10.0 Å². The van der Waals surface area contributed by atoms with Gasteiger partial charge in [0.1, 0.15) is 10.7 Å². The van der Waals surface area contributed by atoms with Crippen LogP contribution in [0.2, 0.25) is 0 Å². The average Bonchev–Trinajstić information content (AvgIpc) is 3.20. The van der Waals surface area contributed by atoms with Crippen molar-refractivity contribution in [1.82, 2.24) is 24.6 Å². The van der Waals surface area contributed by atoms with Crippen molar-refractivity contribution in [3.8, 4) is 22.5 Å². The number of sulfonamides is 1. The highest BCUT2D eigenvalue weighted by Crippen LogP contribution is 2.26. The second-order valence-corrected chi connectivity index (χ2v) is 7.09. The number of primary sulfonamides is 1. The van der Waals surface area contributed by atoms with Crippen LogP contribution in [0.25, 0.3) is 28.2 Å². The molecule has 0 aliphatic carbocycles. The minimum Gasteiger partial charge on any atom is -0.345 e. The molecule has 8 nitrogen and oxygen atoms in total. The number of hydrogen-bond donors (Lipinski definition) is 2. The molecule has 3 heterocycles. The van der Waals surface area contributed by atoms with Crippen molar-refractivity contribution in [1.29, 1.82) is 0 Å². The van der Waals surface area contributed by atoms with Crippen LogP contribution in [0.1, 0.15) is 5.69 Å². The third kappa shape index (κ3) is 2.69. The minimum absolute atomic E-state index is 0.0524. The molecule has 0 amide bonds. The number of imidazole rings is 1. The number of nitrogens with one attached hydrogen (secondary N) is 1. The van der Waals surface area contributed by atoms with E-state index in [4.69, 9.17) is 5.14 Å². The van der Waals surface area contributed by atoms with Gasteiger partial charge < -0.3 is 4.98 Å². The SMILES string of the molecule is Cc1nn2cc(-c3cccc(-c4ncc[nH]4)c3)cnc2c1S(N)(=O)=O. The highest BCUT2D eigenvalue weighted by Gasteiger charge is 2.21. The lowest BCUT2D eigenvalue weighted by molar-refractivity contribution is 0.598. The van der Waals surface area contributed by atoms with Crippen LogP contribution >= 0.6 is 0 Å². The molecular formula is C16H14N6O2S. The van der Waals surface area contributed by atoms with Gasteiger partial charge >= 0.3 is 0 Å². The minimum atomic E-state index is -3.89. The Morgan fingerprint density at radius 1 is 1.16 bits per heavy atom. The molecule has 4 rings (SSSR count). The Balaban J connectivity index is 1.85. The Labute approximate surface area is 143 Å². The van der Waals surface area contributed by atoms with E-state index in [1.54, 1.807) is 31.7 Å². The summed E-state index contributed by atoms with van der Waals surface area (Å²) in [5, 5.41) is 9.47. The number of rotatable bonds is 3. The van der Waals surface area contributed by atoms with E-state index in [9.17, 15) is 8.42 Å². The standard InChI is InChI=1S/C16H14N6O2S/c1-10-14(25(17,23)24)16-20-8-13(9-22(16)21-10)11-3-2-4-12(7-11)15-18-5-6-19-15/h2-9H,1H3,(H,18,19)(H2,17,23,24). The molecule has 0 unspecified atom stereocenters. The van der Waals surface area contributed by atoms with Crippen LogP contribution in [0.15, 0.2) is 53.9 Å². The van der Waals surface area contributed by atoms with E-state index in [2.05, 4.69) is 20.1 Å². The molecule has 0 bridgehead atoms. The quantitative estimate of drug-likeness (QED) is 0.581. The van der Waals surface area contributed by atoms with Crippen molar-refractivity contribution in [2.45, 2.75) is 11.8 Å². The van der Waals surface area contributed by atoms with Crippen LogP contribution in [-0.2, 0) is 10.0 Å². The zero-order valence-electron chi connectivity index (χ0n) is 13.2. The average molecular weight is 354 g/mol. The zero-order valence-corrected chi connectivity index (χ0v) is 14.0. The lowest BCUT2D eigenvalue weighted by Gasteiger charge is -2.05. The first-order valence-electron chi connectivity index (χ1n) is 7.41. The highest BCUT2D eigenvalue weighted by atomic mass is 32.2. The van der Waals surface area contributed by atoms with Crippen molar-refractivity contribution >= 4 is 15.7 Å². The fourth-order valence-corrected chi connectivity index (χ4v) is 3.63. The largest absolute Gasteiger partial charge is 0.345 e. The van der Waals surface area contributed by atoms with Crippen LogP contribution in [0.4, 0.5) is 0 Å². The Kier molecular flexibility index (Phi) is 3.41. The topological polar surface area (TPSA) is 119 Å². The van der Waals surface area contributed by atoms with Crippen LogP contribution in [0.5, 0.6) is 0 Å². The van der Waals surface area contributed by atoms with Crippen LogP contribution in [0, 0.1) is 6.92 Å². The number of benzene rings is 1. The Morgan fingerprint density at radius 3 is 2.68 bits per heavy atom. The molecule has 25 heavy (non-hydrogen) atoms. The number of nitrogens with two attached hydrogens (primary N) is 1. The number of nitrogens with zero attached hydrogens (tertiary/aromatic N) is 4. The third-order valence-electron chi connectivity index (χ3n) is 3.85. The molecule has 0 atom stereocenters. The van der Waals surface area contributed by atoms with Crippen molar-refractivity contribution < 1.29 is 8.42 Å². The molecule has 1 aromatic carbocycles. The molecule has 3 aromatic heterocycles. The number of H-pyrrole nitrogens is 1. The predicted octanol–water partition coefficient (Wildman–Crippen LogP) is 1.74. The zero-order chi connectivity index (χ0) is 17.6. The summed E-state index contributed by atoms with van der Waals surface area (Å²) in [6, 6.07) is 7.78. The lowest BCUT2D eigenvalue weighted by atomic mass is 10.1. The number of aromatic amines is 1. The maximum absolute atomic E-state index is 11.7. The van der Waals surface area contributed by atoms with E-state index in [0.717, 1.165) is 22.5 Å². The molecule has 0 radical (unpaired) electrons. The van der Waals surface area contributed by atoms with Gasteiger partial charge in [0, 0.05) is 35.9 Å². The molecule has 126 valence electrons. The van der Waals surface area contributed by atoms with Gasteiger partial charge in [0.2, 0.25) is 10.0 Å². The lowest BCUT2D eigenvalue weighted by Crippen LogP contribution is -2.13. The fraction of sp³-hybridized carbons (Fsp3) is 0.0625. The van der Waals surface area contributed by atoms with Gasteiger partial charge in [0.05, 0.1) is 5.69 Å². The molecule has 4 aromatic rings. The maximum atomic E-state index is 11.7. The molecule has 0 saturated carbocycles. The Hall–Kier alpha value is -3.04. The van der Waals surface area contributed by atoms with Crippen molar-refractivity contribution in [3.05, 3.63) is 54.7 Å². The number of hydrogen-bond acceptors (Lipinski definition) is 5. The Morgan fingerprint density at radius 2 is 1.96 bits per heavy atom. The molecule has 0 aliphatic heterocycles. The maximum Gasteiger partial charge on any atom is 0.243 e. The summed E-state index contributed by atoms with van der Waals surface area (Å²) in [5.41, 5.74) is 3.17. The summed E-state index contributed by atoms with van der Waals surface area (Å²) in [4.78, 5) is 11.5.